The molecule has 0 aliphatic heterocycles. The van der Waals surface area contributed by atoms with Crippen LogP contribution in [0.1, 0.15) is 51.0 Å². The average molecular weight is 347 g/mol. The van der Waals surface area contributed by atoms with Crippen molar-refractivity contribution >= 4 is 11.9 Å². The van der Waals surface area contributed by atoms with E-state index in [-0.39, 0.29) is 18.4 Å². The van der Waals surface area contributed by atoms with Crippen LogP contribution in [0.15, 0.2) is 24.3 Å². The second-order valence-corrected chi connectivity index (χ2v) is 7.01. The molecule has 1 aromatic rings. The number of aliphatic carboxylic acids is 1. The van der Waals surface area contributed by atoms with Gasteiger partial charge in [0.15, 0.2) is 6.61 Å². The maximum absolute atomic E-state index is 12.7. The first-order valence-corrected chi connectivity index (χ1v) is 9.18. The molecule has 1 saturated carbocycles. The van der Waals surface area contributed by atoms with E-state index in [0.29, 0.717) is 18.2 Å². The summed E-state index contributed by atoms with van der Waals surface area (Å²) in [7, 11) is 1.86. The third-order valence-electron chi connectivity index (χ3n) is 5.02. The highest BCUT2D eigenvalue weighted by atomic mass is 16.5. The molecule has 0 bridgehead atoms. The zero-order valence-electron chi connectivity index (χ0n) is 15.2. The van der Waals surface area contributed by atoms with E-state index in [1.54, 1.807) is 17.0 Å². The molecule has 1 aliphatic carbocycles. The van der Waals surface area contributed by atoms with Crippen molar-refractivity contribution < 1.29 is 19.4 Å². The average Bonchev–Trinajstić information content (AvgIpc) is 3.11. The van der Waals surface area contributed by atoms with E-state index in [9.17, 15) is 9.59 Å². The lowest BCUT2D eigenvalue weighted by molar-refractivity contribution is -0.139. The molecule has 1 N–H and O–H groups in total. The fourth-order valence-electron chi connectivity index (χ4n) is 3.59. The van der Waals surface area contributed by atoms with Crippen molar-refractivity contribution in [1.82, 2.24) is 4.90 Å². The van der Waals surface area contributed by atoms with Crippen LogP contribution in [0.25, 0.3) is 0 Å². The smallest absolute Gasteiger partial charge is 0.341 e. The van der Waals surface area contributed by atoms with Gasteiger partial charge in [0.25, 0.3) is 0 Å². The van der Waals surface area contributed by atoms with Gasteiger partial charge in [-0.2, -0.15) is 0 Å². The number of amides is 1. The number of rotatable bonds is 9. The lowest BCUT2D eigenvalue weighted by Crippen LogP contribution is -2.33. The van der Waals surface area contributed by atoms with Gasteiger partial charge < -0.3 is 14.7 Å². The molecule has 1 fully saturated rings. The predicted molar refractivity (Wildman–Crippen MR) is 96.4 cm³/mol. The van der Waals surface area contributed by atoms with Gasteiger partial charge in [-0.3, -0.25) is 4.79 Å². The minimum Gasteiger partial charge on any atom is -0.482 e. The van der Waals surface area contributed by atoms with Crippen molar-refractivity contribution in [2.75, 3.05) is 13.7 Å². The Morgan fingerprint density at radius 2 is 1.88 bits per heavy atom. The molecule has 0 saturated heterocycles. The molecule has 2 rings (SSSR count). The zero-order chi connectivity index (χ0) is 18.2. The van der Waals surface area contributed by atoms with Gasteiger partial charge in [-0.05, 0) is 36.5 Å². The molecule has 1 aromatic carbocycles. The number of carbonyl (C=O) groups excluding carboxylic acids is 1. The summed E-state index contributed by atoms with van der Waals surface area (Å²) in [6, 6.07) is 7.23. The third-order valence-corrected chi connectivity index (χ3v) is 5.02. The van der Waals surface area contributed by atoms with Crippen LogP contribution >= 0.6 is 0 Å². The molecule has 1 unspecified atom stereocenters. The van der Waals surface area contributed by atoms with Crippen LogP contribution in [0.4, 0.5) is 0 Å². The van der Waals surface area contributed by atoms with E-state index in [0.717, 1.165) is 18.4 Å². The number of nitrogens with zero attached hydrogens (tertiary/aromatic N) is 1. The van der Waals surface area contributed by atoms with Gasteiger partial charge in [-0.25, -0.2) is 4.79 Å². The lowest BCUT2D eigenvalue weighted by Gasteiger charge is -2.25. The molecular weight excluding hydrogens is 318 g/mol. The number of carboxylic acid groups (broad SMARTS) is 1. The minimum absolute atomic E-state index is 0.117. The quantitative estimate of drug-likeness (QED) is 0.739. The fourth-order valence-corrected chi connectivity index (χ4v) is 3.59. The van der Waals surface area contributed by atoms with Crippen molar-refractivity contribution in [3.8, 4) is 5.75 Å². The van der Waals surface area contributed by atoms with Crippen LogP contribution < -0.4 is 4.74 Å². The van der Waals surface area contributed by atoms with Gasteiger partial charge in [0.05, 0.1) is 0 Å². The molecule has 138 valence electrons. The van der Waals surface area contributed by atoms with Crippen LogP contribution in [-0.4, -0.2) is 35.5 Å². The molecule has 0 spiro atoms. The molecule has 1 amide bonds. The standard InChI is InChI=1S/C20H29NO4/c1-3-17(12-15-6-4-5-7-15)20(24)21(2)13-16-8-10-18(11-9-16)25-14-19(22)23/h8-11,15,17H,3-7,12-14H2,1-2H3,(H,22,23). The fraction of sp³-hybridized carbons (Fsp3) is 0.600. The van der Waals surface area contributed by atoms with E-state index in [4.69, 9.17) is 9.84 Å². The van der Waals surface area contributed by atoms with Crippen molar-refractivity contribution in [1.29, 1.82) is 0 Å². The maximum atomic E-state index is 12.7. The Bertz CT molecular complexity index is 564. The Morgan fingerprint density at radius 1 is 1.24 bits per heavy atom. The van der Waals surface area contributed by atoms with Crippen LogP contribution in [0, 0.1) is 11.8 Å². The van der Waals surface area contributed by atoms with Crippen LogP contribution in [0.3, 0.4) is 0 Å². The summed E-state index contributed by atoms with van der Waals surface area (Å²) in [6.07, 6.45) is 7.06. The highest BCUT2D eigenvalue weighted by molar-refractivity contribution is 5.78. The lowest BCUT2D eigenvalue weighted by atomic mass is 9.90. The Hall–Kier alpha value is -2.04. The van der Waals surface area contributed by atoms with E-state index in [1.165, 1.54) is 25.7 Å². The number of benzene rings is 1. The summed E-state index contributed by atoms with van der Waals surface area (Å²) in [5.74, 6) is 0.579. The Balaban J connectivity index is 1.87. The SMILES string of the molecule is CCC(CC1CCCC1)C(=O)N(C)Cc1ccc(OCC(=O)O)cc1. The van der Waals surface area contributed by atoms with Crippen LogP contribution in [0.5, 0.6) is 5.75 Å². The first-order chi connectivity index (χ1) is 12.0. The normalized spacial score (nSPS) is 15.8. The zero-order valence-corrected chi connectivity index (χ0v) is 15.2. The molecule has 0 heterocycles. The number of hydrogen-bond donors (Lipinski definition) is 1. The number of carbonyl (C=O) groups is 2. The largest absolute Gasteiger partial charge is 0.482 e. The summed E-state index contributed by atoms with van der Waals surface area (Å²) in [4.78, 5) is 25.1. The first kappa shape index (κ1) is 19.3. The van der Waals surface area contributed by atoms with Crippen molar-refractivity contribution in [3.05, 3.63) is 29.8 Å². The molecule has 1 aliphatic rings. The van der Waals surface area contributed by atoms with Crippen molar-refractivity contribution in [3.63, 3.8) is 0 Å². The molecule has 5 heteroatoms. The monoisotopic (exact) mass is 347 g/mol. The molecular formula is C20H29NO4. The molecule has 0 aromatic heterocycles. The summed E-state index contributed by atoms with van der Waals surface area (Å²) in [6.45, 7) is 2.30. The Morgan fingerprint density at radius 3 is 2.44 bits per heavy atom. The highest BCUT2D eigenvalue weighted by Crippen LogP contribution is 2.32. The third kappa shape index (κ3) is 6.07. The number of ether oxygens (including phenoxy) is 1. The Labute approximate surface area is 150 Å². The molecule has 1 atom stereocenters. The van der Waals surface area contributed by atoms with Gasteiger partial charge in [-0.15, -0.1) is 0 Å². The van der Waals surface area contributed by atoms with Crippen molar-refractivity contribution in [2.24, 2.45) is 11.8 Å². The second-order valence-electron chi connectivity index (χ2n) is 7.01. The number of hydrogen-bond acceptors (Lipinski definition) is 3. The van der Waals surface area contributed by atoms with Crippen LogP contribution in [0.2, 0.25) is 0 Å². The van der Waals surface area contributed by atoms with Gasteiger partial charge in [0.2, 0.25) is 5.91 Å². The maximum Gasteiger partial charge on any atom is 0.341 e. The topological polar surface area (TPSA) is 66.8 Å². The molecule has 25 heavy (non-hydrogen) atoms. The minimum atomic E-state index is -0.998. The number of carboxylic acids is 1. The van der Waals surface area contributed by atoms with E-state index in [2.05, 4.69) is 6.92 Å². The first-order valence-electron chi connectivity index (χ1n) is 9.18. The second kappa shape index (κ2) is 9.44. The highest BCUT2D eigenvalue weighted by Gasteiger charge is 2.25. The van der Waals surface area contributed by atoms with Gasteiger partial charge in [0, 0.05) is 19.5 Å². The summed E-state index contributed by atoms with van der Waals surface area (Å²) in [5.41, 5.74) is 1.01. The van der Waals surface area contributed by atoms with Crippen molar-refractivity contribution in [2.45, 2.75) is 52.0 Å². The Kier molecular flexibility index (Phi) is 7.29. The van der Waals surface area contributed by atoms with Crippen LogP contribution in [-0.2, 0) is 16.1 Å². The van der Waals surface area contributed by atoms with Gasteiger partial charge in [-0.1, -0.05) is 44.7 Å². The van der Waals surface area contributed by atoms with Gasteiger partial charge in [0.1, 0.15) is 5.75 Å². The van der Waals surface area contributed by atoms with E-state index >= 15 is 0 Å². The summed E-state index contributed by atoms with van der Waals surface area (Å²) < 4.78 is 5.12. The predicted octanol–water partition coefficient (Wildman–Crippen LogP) is 3.71. The van der Waals surface area contributed by atoms with E-state index < -0.39 is 5.97 Å². The summed E-state index contributed by atoms with van der Waals surface area (Å²) >= 11 is 0. The van der Waals surface area contributed by atoms with Gasteiger partial charge >= 0.3 is 5.97 Å². The molecule has 0 radical (unpaired) electrons. The molecule has 5 nitrogen and oxygen atoms in total. The summed E-state index contributed by atoms with van der Waals surface area (Å²) in [5, 5.41) is 8.62. The van der Waals surface area contributed by atoms with E-state index in [1.807, 2.05) is 19.2 Å².